The van der Waals surface area contributed by atoms with E-state index in [0.717, 1.165) is 66.7 Å². The number of sulfonamides is 1. The number of rotatable bonds is 29. The molecule has 3 aliphatic heterocycles. The highest BCUT2D eigenvalue weighted by Crippen LogP contribution is 2.33. The number of nitrogens with zero attached hydrogens (tertiary/aromatic N) is 2. The van der Waals surface area contributed by atoms with E-state index in [1.807, 2.05) is 65.8 Å². The lowest BCUT2D eigenvalue weighted by Crippen LogP contribution is -2.45. The van der Waals surface area contributed by atoms with Gasteiger partial charge in [0.25, 0.3) is 0 Å². The molecule has 3 saturated heterocycles. The average molecular weight is 1010 g/mol. The van der Waals surface area contributed by atoms with Crippen LogP contribution in [0.3, 0.4) is 0 Å². The van der Waals surface area contributed by atoms with Crippen LogP contribution in [-0.4, -0.2) is 145 Å². The SMILES string of the molecule is Cc1ccc(S(=O)(=O)N[C@@H](Cc2cn(CC(=O)NCCCOCCOCCOCCCNC(=O)CCCC[C@@H]3SC[C@@H]4NC(=O)N[C@@H]43)c3ccccc23)C(=O)Nc2ccc(N3CCOCC3)cc2)cc1. The van der Waals surface area contributed by atoms with E-state index >= 15 is 0 Å². The van der Waals surface area contributed by atoms with Crippen molar-refractivity contribution in [2.75, 3.05) is 95.0 Å². The first-order chi connectivity index (χ1) is 34.0. The van der Waals surface area contributed by atoms with Gasteiger partial charge in [0.15, 0.2) is 0 Å². The van der Waals surface area contributed by atoms with Gasteiger partial charge in [-0.1, -0.05) is 42.3 Å². The van der Waals surface area contributed by atoms with E-state index in [1.54, 1.807) is 24.3 Å². The Morgan fingerprint density at radius 2 is 1.49 bits per heavy atom. The number of carbonyl (C=O) groups is 4. The number of aryl methyl sites for hydroxylation is 1. The minimum Gasteiger partial charge on any atom is -0.379 e. The van der Waals surface area contributed by atoms with Gasteiger partial charge in [-0.05, 0) is 87.1 Å². The molecule has 6 N–H and O–H groups in total. The third-order valence-electron chi connectivity index (χ3n) is 12.5. The number of benzene rings is 3. The van der Waals surface area contributed by atoms with Crippen molar-refractivity contribution < 1.29 is 46.5 Å². The van der Waals surface area contributed by atoms with Crippen molar-refractivity contribution in [2.45, 2.75) is 86.7 Å². The zero-order valence-electron chi connectivity index (χ0n) is 40.0. The van der Waals surface area contributed by atoms with E-state index < -0.39 is 22.0 Å². The van der Waals surface area contributed by atoms with Gasteiger partial charge < -0.3 is 55.0 Å². The first-order valence-corrected chi connectivity index (χ1v) is 26.9. The number of para-hydroxylation sites is 1. The number of hydrogen-bond acceptors (Lipinski definition) is 12. The number of anilines is 2. The number of urea groups is 1. The summed E-state index contributed by atoms with van der Waals surface area (Å²) in [6.07, 6.45) is 6.46. The fraction of sp³-hybridized carbons (Fsp3) is 0.520. The summed E-state index contributed by atoms with van der Waals surface area (Å²) >= 11 is 1.89. The number of nitrogens with one attached hydrogen (secondary N) is 6. The van der Waals surface area contributed by atoms with Gasteiger partial charge in [0.1, 0.15) is 12.6 Å². The van der Waals surface area contributed by atoms with Crippen molar-refractivity contribution in [3.05, 3.63) is 90.1 Å². The summed E-state index contributed by atoms with van der Waals surface area (Å²) in [4.78, 5) is 53.2. The summed E-state index contributed by atoms with van der Waals surface area (Å²) in [7, 11) is -4.10. The van der Waals surface area contributed by atoms with Crippen molar-refractivity contribution in [1.82, 2.24) is 30.6 Å². The smallest absolute Gasteiger partial charge is 0.315 e. The standard InChI is InChI=1S/C50H68N8O10S2/c1-36-12-18-40(19-13-36)70(63,64)56-42(49(61)53-38-14-16-39(17-15-38)57-22-26-67-27-23-57)32-37-33-58(44-9-3-2-8-41(37)44)34-47(60)52-21-7-25-66-29-31-68-30-28-65-24-6-20-51-46(59)11-5-4-10-45-48-43(35-69-45)54-50(62)55-48/h2-3,8-9,12-19,33,42-43,45,48,56H,4-7,10-11,20-32,34-35H2,1H3,(H,51,59)(H,52,60)(H,53,61)(H2,54,55,62)/t42-,43-,45-,48-/m0/s1. The second-order valence-corrected chi connectivity index (χ2v) is 20.7. The van der Waals surface area contributed by atoms with Gasteiger partial charge in [-0.2, -0.15) is 16.5 Å². The second kappa shape index (κ2) is 26.8. The lowest BCUT2D eigenvalue weighted by atomic mass is 10.0. The molecule has 4 aromatic rings. The molecule has 0 aliphatic carbocycles. The molecule has 380 valence electrons. The maximum Gasteiger partial charge on any atom is 0.315 e. The molecule has 4 heterocycles. The molecular formula is C50H68N8O10S2. The Morgan fingerprint density at radius 1 is 0.814 bits per heavy atom. The van der Waals surface area contributed by atoms with Crippen LogP contribution in [0, 0.1) is 6.92 Å². The van der Waals surface area contributed by atoms with Gasteiger partial charge in [-0.25, -0.2) is 13.2 Å². The molecule has 4 atom stereocenters. The number of thioether (sulfide) groups is 1. The van der Waals surface area contributed by atoms with Crippen molar-refractivity contribution in [3.63, 3.8) is 0 Å². The van der Waals surface area contributed by atoms with Gasteiger partial charge in [-0.15, -0.1) is 0 Å². The Kier molecular flexibility index (Phi) is 20.2. The van der Waals surface area contributed by atoms with Gasteiger partial charge in [0.05, 0.1) is 56.6 Å². The molecule has 3 aliphatic rings. The molecule has 0 spiro atoms. The van der Waals surface area contributed by atoms with Gasteiger partial charge in [0, 0.05) is 85.3 Å². The van der Waals surface area contributed by atoms with Gasteiger partial charge in [-0.3, -0.25) is 14.4 Å². The summed E-state index contributed by atoms with van der Waals surface area (Å²) in [5, 5.41) is 16.0. The normalized spacial score (nSPS) is 18.3. The van der Waals surface area contributed by atoms with E-state index in [0.29, 0.717) is 95.3 Å². The molecule has 3 fully saturated rings. The van der Waals surface area contributed by atoms with Crippen LogP contribution in [0.2, 0.25) is 0 Å². The fourth-order valence-corrected chi connectivity index (χ4v) is 11.5. The monoisotopic (exact) mass is 1000 g/mol. The molecule has 0 bridgehead atoms. The Bertz CT molecular complexity index is 2430. The lowest BCUT2D eigenvalue weighted by Gasteiger charge is -2.29. The number of morpholine rings is 1. The first kappa shape index (κ1) is 52.6. The molecule has 20 heteroatoms. The van der Waals surface area contributed by atoms with E-state index in [2.05, 4.69) is 36.2 Å². The highest BCUT2D eigenvalue weighted by atomic mass is 32.2. The topological polar surface area (TPSA) is 220 Å². The predicted molar refractivity (Wildman–Crippen MR) is 271 cm³/mol. The highest BCUT2D eigenvalue weighted by molar-refractivity contribution is 8.00. The van der Waals surface area contributed by atoms with Crippen LogP contribution in [0.1, 0.15) is 49.7 Å². The van der Waals surface area contributed by atoms with Crippen LogP contribution in [0.15, 0.2) is 83.9 Å². The van der Waals surface area contributed by atoms with Crippen LogP contribution < -0.4 is 36.2 Å². The van der Waals surface area contributed by atoms with Crippen LogP contribution in [0.25, 0.3) is 10.9 Å². The van der Waals surface area contributed by atoms with E-state index in [1.165, 1.54) is 12.1 Å². The lowest BCUT2D eigenvalue weighted by molar-refractivity contribution is -0.122. The summed E-state index contributed by atoms with van der Waals surface area (Å²) in [5.41, 5.74) is 3.93. The fourth-order valence-electron chi connectivity index (χ4n) is 8.72. The average Bonchev–Trinajstić information content (AvgIpc) is 4.03. The van der Waals surface area contributed by atoms with Gasteiger partial charge in [0.2, 0.25) is 27.7 Å². The molecule has 0 saturated carbocycles. The summed E-state index contributed by atoms with van der Waals surface area (Å²) in [6.45, 7) is 8.39. The summed E-state index contributed by atoms with van der Waals surface area (Å²) < 4.78 is 54.2. The van der Waals surface area contributed by atoms with Crippen LogP contribution in [0.5, 0.6) is 0 Å². The third-order valence-corrected chi connectivity index (χ3v) is 15.5. The van der Waals surface area contributed by atoms with Crippen LogP contribution in [0.4, 0.5) is 16.2 Å². The number of ether oxygens (including phenoxy) is 4. The first-order valence-electron chi connectivity index (χ1n) is 24.4. The minimum absolute atomic E-state index is 0.0245. The zero-order valence-corrected chi connectivity index (χ0v) is 41.6. The Morgan fingerprint density at radius 3 is 2.20 bits per heavy atom. The Balaban J connectivity index is 0.770. The van der Waals surface area contributed by atoms with Crippen LogP contribution >= 0.6 is 11.8 Å². The molecule has 7 rings (SSSR count). The van der Waals surface area contributed by atoms with Gasteiger partial charge >= 0.3 is 6.03 Å². The maximum absolute atomic E-state index is 14.0. The number of carbonyl (C=O) groups excluding carboxylic acids is 4. The minimum atomic E-state index is -4.10. The van der Waals surface area contributed by atoms with Crippen LogP contribution in [-0.2, 0) is 56.3 Å². The van der Waals surface area contributed by atoms with Crippen molar-refractivity contribution in [1.29, 1.82) is 0 Å². The number of hydrogen-bond donors (Lipinski definition) is 6. The summed E-state index contributed by atoms with van der Waals surface area (Å²) in [6, 6.07) is 20.6. The van der Waals surface area contributed by atoms with Crippen molar-refractivity contribution >= 4 is 67.8 Å². The maximum atomic E-state index is 14.0. The van der Waals surface area contributed by atoms with Crippen molar-refractivity contribution in [2.24, 2.45) is 0 Å². The largest absolute Gasteiger partial charge is 0.379 e. The molecule has 5 amide bonds. The summed E-state index contributed by atoms with van der Waals surface area (Å²) in [5.74, 6) is 0.281. The second-order valence-electron chi connectivity index (χ2n) is 17.7. The molecular weight excluding hydrogens is 937 g/mol. The number of amides is 5. The van der Waals surface area contributed by atoms with E-state index in [4.69, 9.17) is 18.9 Å². The number of unbranched alkanes of at least 4 members (excludes halogenated alkanes) is 1. The predicted octanol–water partition coefficient (Wildman–Crippen LogP) is 4.10. The Labute approximate surface area is 415 Å². The molecule has 1 aromatic heterocycles. The number of fused-ring (bicyclic) bond motifs is 2. The number of aromatic nitrogens is 1. The highest BCUT2D eigenvalue weighted by Gasteiger charge is 2.42. The third kappa shape index (κ3) is 15.9. The quantitative estimate of drug-likeness (QED) is 0.0335. The van der Waals surface area contributed by atoms with E-state index in [-0.39, 0.29) is 47.8 Å². The molecule has 0 unspecified atom stereocenters. The molecule has 0 radical (unpaired) electrons. The molecule has 70 heavy (non-hydrogen) atoms. The molecule has 18 nitrogen and oxygen atoms in total. The zero-order chi connectivity index (χ0) is 49.1. The van der Waals surface area contributed by atoms with Crippen molar-refractivity contribution in [3.8, 4) is 0 Å². The Hall–Kier alpha value is -5.22. The molecule has 3 aromatic carbocycles. The van der Waals surface area contributed by atoms with E-state index in [9.17, 15) is 27.6 Å².